The molecule has 3 fully saturated rings. The molecule has 4 nitrogen and oxygen atoms in total. The van der Waals surface area contributed by atoms with Crippen LogP contribution < -0.4 is 5.32 Å². The summed E-state index contributed by atoms with van der Waals surface area (Å²) >= 11 is 0. The minimum absolute atomic E-state index is 0.170. The van der Waals surface area contributed by atoms with Gasteiger partial charge in [-0.2, -0.15) is 0 Å². The molecule has 0 aromatic rings. The molecule has 2 amide bonds. The maximum atomic E-state index is 12.0. The summed E-state index contributed by atoms with van der Waals surface area (Å²) in [7, 11) is 2.21. The number of nitrogens with zero attached hydrogens (tertiary/aromatic N) is 2. The first-order valence-corrected chi connectivity index (χ1v) is 6.51. The molecule has 1 N–H and O–H groups in total. The smallest absolute Gasteiger partial charge is 0.317 e. The van der Waals surface area contributed by atoms with Crippen LogP contribution in [-0.2, 0) is 0 Å². The summed E-state index contributed by atoms with van der Waals surface area (Å²) in [5.41, 5.74) is 0. The van der Waals surface area contributed by atoms with Gasteiger partial charge in [0.05, 0.1) is 0 Å². The van der Waals surface area contributed by atoms with Crippen LogP contribution in [0.2, 0.25) is 0 Å². The fraction of sp³-hybridized carbons (Fsp3) is 0.917. The van der Waals surface area contributed by atoms with E-state index in [1.165, 1.54) is 25.7 Å². The van der Waals surface area contributed by atoms with E-state index in [9.17, 15) is 4.79 Å². The molecule has 2 bridgehead atoms. The van der Waals surface area contributed by atoms with Gasteiger partial charge in [-0.1, -0.05) is 0 Å². The van der Waals surface area contributed by atoms with Gasteiger partial charge in [0, 0.05) is 31.2 Å². The van der Waals surface area contributed by atoms with Crippen LogP contribution in [0.4, 0.5) is 4.79 Å². The van der Waals surface area contributed by atoms with Crippen molar-refractivity contribution < 1.29 is 4.79 Å². The first-order chi connectivity index (χ1) is 7.74. The number of rotatable bonds is 1. The molecule has 0 aromatic carbocycles. The first-order valence-electron chi connectivity index (χ1n) is 6.51. The Morgan fingerprint density at radius 1 is 1.12 bits per heavy atom. The van der Waals surface area contributed by atoms with E-state index in [2.05, 4.69) is 17.3 Å². The van der Waals surface area contributed by atoms with E-state index >= 15 is 0 Å². The second-order valence-electron chi connectivity index (χ2n) is 5.51. The molecule has 2 unspecified atom stereocenters. The van der Waals surface area contributed by atoms with Crippen LogP contribution in [0.5, 0.6) is 0 Å². The number of hydrogen-bond acceptors (Lipinski definition) is 2. The Labute approximate surface area is 97.0 Å². The molecule has 3 aliphatic rings. The average Bonchev–Trinajstić information content (AvgIpc) is 2.96. The summed E-state index contributed by atoms with van der Waals surface area (Å²) in [5.74, 6) is 0. The van der Waals surface area contributed by atoms with Gasteiger partial charge in [-0.3, -0.25) is 4.90 Å². The van der Waals surface area contributed by atoms with Gasteiger partial charge in [0.1, 0.15) is 0 Å². The maximum Gasteiger partial charge on any atom is 0.317 e. The highest BCUT2D eigenvalue weighted by Gasteiger charge is 2.36. The van der Waals surface area contributed by atoms with Crippen LogP contribution >= 0.6 is 0 Å². The zero-order valence-corrected chi connectivity index (χ0v) is 9.98. The predicted molar refractivity (Wildman–Crippen MR) is 62.3 cm³/mol. The number of fused-ring (bicyclic) bond motifs is 2. The van der Waals surface area contributed by atoms with Crippen molar-refractivity contribution >= 4 is 6.03 Å². The minimum Gasteiger partial charge on any atom is -0.335 e. The molecular weight excluding hydrogens is 202 g/mol. The summed E-state index contributed by atoms with van der Waals surface area (Å²) < 4.78 is 0. The lowest BCUT2D eigenvalue weighted by molar-refractivity contribution is 0.188. The molecule has 1 saturated carbocycles. The third-order valence-corrected chi connectivity index (χ3v) is 4.34. The van der Waals surface area contributed by atoms with E-state index in [-0.39, 0.29) is 6.03 Å². The van der Waals surface area contributed by atoms with Gasteiger partial charge in [0.2, 0.25) is 0 Å². The Balaban J connectivity index is 1.61. The van der Waals surface area contributed by atoms with Crippen molar-refractivity contribution in [3.63, 3.8) is 0 Å². The van der Waals surface area contributed by atoms with Gasteiger partial charge in [-0.25, -0.2) is 4.79 Å². The Bertz CT molecular complexity index is 290. The molecular formula is C12H21N3O. The molecule has 2 heterocycles. The number of hydrogen-bond donors (Lipinski definition) is 1. The van der Waals surface area contributed by atoms with Gasteiger partial charge in [-0.15, -0.1) is 0 Å². The average molecular weight is 223 g/mol. The first kappa shape index (κ1) is 10.4. The third kappa shape index (κ3) is 1.90. The predicted octanol–water partition coefficient (Wildman–Crippen LogP) is 1.03. The molecule has 3 rings (SSSR count). The number of urea groups is 1. The number of carbonyl (C=O) groups is 1. The quantitative estimate of drug-likeness (QED) is 0.720. The molecule has 16 heavy (non-hydrogen) atoms. The van der Waals surface area contributed by atoms with Crippen molar-refractivity contribution in [3.05, 3.63) is 0 Å². The molecule has 2 aliphatic heterocycles. The second kappa shape index (κ2) is 3.91. The topological polar surface area (TPSA) is 35.6 Å². The van der Waals surface area contributed by atoms with Gasteiger partial charge < -0.3 is 10.2 Å². The number of nitrogens with one attached hydrogen (secondary N) is 1. The number of likely N-dealkylation sites (tertiary alicyclic amines) is 1. The number of carbonyl (C=O) groups excluding carboxylic acids is 1. The van der Waals surface area contributed by atoms with Crippen molar-refractivity contribution in [3.8, 4) is 0 Å². The minimum atomic E-state index is 0.170. The van der Waals surface area contributed by atoms with Crippen molar-refractivity contribution in [1.82, 2.24) is 15.1 Å². The van der Waals surface area contributed by atoms with E-state index in [0.717, 1.165) is 19.5 Å². The van der Waals surface area contributed by atoms with Crippen LogP contribution in [0.3, 0.4) is 0 Å². The van der Waals surface area contributed by atoms with Crippen molar-refractivity contribution in [2.75, 3.05) is 20.1 Å². The lowest BCUT2D eigenvalue weighted by Gasteiger charge is -2.26. The highest BCUT2D eigenvalue weighted by atomic mass is 16.2. The zero-order chi connectivity index (χ0) is 11.1. The normalized spacial score (nSPS) is 34.9. The van der Waals surface area contributed by atoms with Gasteiger partial charge >= 0.3 is 6.03 Å². The van der Waals surface area contributed by atoms with Crippen LogP contribution in [0.15, 0.2) is 0 Å². The Hall–Kier alpha value is -0.770. The van der Waals surface area contributed by atoms with E-state index in [1.54, 1.807) is 0 Å². The fourth-order valence-corrected chi connectivity index (χ4v) is 2.99. The molecule has 2 saturated heterocycles. The Morgan fingerprint density at radius 3 is 2.62 bits per heavy atom. The zero-order valence-electron chi connectivity index (χ0n) is 9.98. The SMILES string of the molecule is CN1C2CCC1CN(C(=O)NC1CC1)CC2. The maximum absolute atomic E-state index is 12.0. The van der Waals surface area contributed by atoms with Crippen molar-refractivity contribution in [2.24, 2.45) is 0 Å². The van der Waals surface area contributed by atoms with E-state index in [0.29, 0.717) is 18.1 Å². The molecule has 90 valence electrons. The van der Waals surface area contributed by atoms with Crippen LogP contribution in [0, 0.1) is 0 Å². The van der Waals surface area contributed by atoms with Crippen LogP contribution in [0.1, 0.15) is 32.1 Å². The largest absolute Gasteiger partial charge is 0.335 e. The highest BCUT2D eigenvalue weighted by molar-refractivity contribution is 5.75. The van der Waals surface area contributed by atoms with E-state index < -0.39 is 0 Å². The van der Waals surface area contributed by atoms with Crippen LogP contribution in [-0.4, -0.2) is 54.1 Å². The standard InChI is InChI=1S/C12H21N3O/c1-14-10-4-5-11(14)8-15(7-6-10)12(16)13-9-2-3-9/h9-11H,2-8H2,1H3,(H,13,16). The van der Waals surface area contributed by atoms with Crippen LogP contribution in [0.25, 0.3) is 0 Å². The molecule has 4 heteroatoms. The highest BCUT2D eigenvalue weighted by Crippen LogP contribution is 2.28. The van der Waals surface area contributed by atoms with Gasteiger partial charge in [0.15, 0.2) is 0 Å². The second-order valence-corrected chi connectivity index (χ2v) is 5.51. The van der Waals surface area contributed by atoms with Gasteiger partial charge in [0.25, 0.3) is 0 Å². The summed E-state index contributed by atoms with van der Waals surface area (Å²) in [6.45, 7) is 1.86. The molecule has 0 spiro atoms. The molecule has 2 atom stereocenters. The third-order valence-electron chi connectivity index (χ3n) is 4.34. The summed E-state index contributed by atoms with van der Waals surface area (Å²) in [5, 5.41) is 3.09. The lowest BCUT2D eigenvalue weighted by atomic mass is 10.1. The number of likely N-dealkylation sites (N-methyl/N-ethyl adjacent to an activating group) is 1. The van der Waals surface area contributed by atoms with E-state index in [1.807, 2.05) is 4.90 Å². The Morgan fingerprint density at radius 2 is 1.88 bits per heavy atom. The summed E-state index contributed by atoms with van der Waals surface area (Å²) in [6, 6.07) is 1.95. The molecule has 0 radical (unpaired) electrons. The number of amides is 2. The lowest BCUT2D eigenvalue weighted by Crippen LogP contribution is -2.45. The van der Waals surface area contributed by atoms with Crippen molar-refractivity contribution in [1.29, 1.82) is 0 Å². The van der Waals surface area contributed by atoms with E-state index in [4.69, 9.17) is 0 Å². The molecule has 0 aromatic heterocycles. The van der Waals surface area contributed by atoms with Gasteiger partial charge in [-0.05, 0) is 39.2 Å². The summed E-state index contributed by atoms with van der Waals surface area (Å²) in [4.78, 5) is 16.5. The van der Waals surface area contributed by atoms with Crippen molar-refractivity contribution in [2.45, 2.75) is 50.2 Å². The summed E-state index contributed by atoms with van der Waals surface area (Å²) in [6.07, 6.45) is 6.07. The molecule has 1 aliphatic carbocycles. The monoisotopic (exact) mass is 223 g/mol. The fourth-order valence-electron chi connectivity index (χ4n) is 2.99. The Kier molecular flexibility index (Phi) is 2.54.